The molecule has 1 N–H and O–H groups in total. The third-order valence-electron chi connectivity index (χ3n) is 1.90. The van der Waals surface area contributed by atoms with Gasteiger partial charge in [-0.25, -0.2) is 0 Å². The van der Waals surface area contributed by atoms with Gasteiger partial charge in [-0.3, -0.25) is 4.79 Å². The summed E-state index contributed by atoms with van der Waals surface area (Å²) in [4.78, 5) is 11.5. The summed E-state index contributed by atoms with van der Waals surface area (Å²) in [6, 6.07) is 7.38. The van der Waals surface area contributed by atoms with Crippen LogP contribution in [0.2, 0.25) is 0 Å². The minimum absolute atomic E-state index is 0.153. The van der Waals surface area contributed by atoms with Crippen LogP contribution in [0.1, 0.15) is 6.92 Å². The first-order chi connectivity index (χ1) is 7.63. The molecule has 0 saturated heterocycles. The number of hydrogen-bond acceptors (Lipinski definition) is 2. The maximum absolute atomic E-state index is 11.5. The molecule has 0 bridgehead atoms. The van der Waals surface area contributed by atoms with Crippen LogP contribution in [0.5, 0.6) is 5.75 Å². The number of hydrogen-bond donors (Lipinski definition) is 1. The molecule has 1 rings (SSSR count). The van der Waals surface area contributed by atoms with Gasteiger partial charge in [-0.2, -0.15) is 0 Å². The van der Waals surface area contributed by atoms with E-state index >= 15 is 0 Å². The summed E-state index contributed by atoms with van der Waals surface area (Å²) in [5.41, 5.74) is 0. The summed E-state index contributed by atoms with van der Waals surface area (Å²) < 4.78 is 6.40. The predicted octanol–water partition coefficient (Wildman–Crippen LogP) is 2.52. The number of halogens is 1. The minimum atomic E-state index is -0.519. The topological polar surface area (TPSA) is 38.3 Å². The molecule has 4 heteroatoms. The lowest BCUT2D eigenvalue weighted by molar-refractivity contribution is -0.127. The summed E-state index contributed by atoms with van der Waals surface area (Å²) in [5, 5.41) is 2.67. The van der Waals surface area contributed by atoms with Crippen LogP contribution in [-0.4, -0.2) is 18.6 Å². The fraction of sp³-hybridized carbons (Fsp3) is 0.250. The van der Waals surface area contributed by atoms with Crippen LogP contribution in [0.4, 0.5) is 0 Å². The second-order valence-corrected chi connectivity index (χ2v) is 4.17. The summed E-state index contributed by atoms with van der Waals surface area (Å²) in [6.45, 7) is 5.68. The van der Waals surface area contributed by atoms with Crippen LogP contribution < -0.4 is 10.1 Å². The molecule has 86 valence electrons. The van der Waals surface area contributed by atoms with E-state index in [1.54, 1.807) is 13.0 Å². The standard InChI is InChI=1S/C12H14BrNO2/c1-3-7-14-12(15)9(2)16-11-6-4-5-10(13)8-11/h3-6,8-9H,1,7H2,2H3,(H,14,15). The second kappa shape index (κ2) is 6.33. The van der Waals surface area contributed by atoms with Gasteiger partial charge >= 0.3 is 0 Å². The van der Waals surface area contributed by atoms with Crippen molar-refractivity contribution in [2.24, 2.45) is 0 Å². The van der Waals surface area contributed by atoms with Crippen molar-refractivity contribution in [3.63, 3.8) is 0 Å². The number of benzene rings is 1. The van der Waals surface area contributed by atoms with Crippen molar-refractivity contribution < 1.29 is 9.53 Å². The Hall–Kier alpha value is -1.29. The van der Waals surface area contributed by atoms with E-state index in [2.05, 4.69) is 27.8 Å². The molecule has 0 aliphatic rings. The van der Waals surface area contributed by atoms with E-state index in [1.807, 2.05) is 24.3 Å². The maximum atomic E-state index is 11.5. The van der Waals surface area contributed by atoms with Gasteiger partial charge < -0.3 is 10.1 Å². The monoisotopic (exact) mass is 283 g/mol. The Bertz CT molecular complexity index is 379. The summed E-state index contributed by atoms with van der Waals surface area (Å²) in [6.07, 6.45) is 1.11. The van der Waals surface area contributed by atoms with Gasteiger partial charge in [0.1, 0.15) is 5.75 Å². The van der Waals surface area contributed by atoms with E-state index in [9.17, 15) is 4.79 Å². The van der Waals surface area contributed by atoms with Crippen molar-refractivity contribution in [1.29, 1.82) is 0 Å². The lowest BCUT2D eigenvalue weighted by atomic mass is 10.3. The third kappa shape index (κ3) is 4.06. The Balaban J connectivity index is 2.53. The molecular formula is C12H14BrNO2. The molecule has 0 aromatic heterocycles. The van der Waals surface area contributed by atoms with Gasteiger partial charge in [0.15, 0.2) is 6.10 Å². The Morgan fingerprint density at radius 2 is 2.44 bits per heavy atom. The normalized spacial score (nSPS) is 11.6. The van der Waals surface area contributed by atoms with E-state index in [-0.39, 0.29) is 5.91 Å². The number of amides is 1. The van der Waals surface area contributed by atoms with Crippen LogP contribution in [0.25, 0.3) is 0 Å². The van der Waals surface area contributed by atoms with Crippen LogP contribution in [0, 0.1) is 0 Å². The fourth-order valence-electron chi connectivity index (χ4n) is 1.11. The first-order valence-corrected chi connectivity index (χ1v) is 5.73. The maximum Gasteiger partial charge on any atom is 0.261 e. The average Bonchev–Trinajstić information content (AvgIpc) is 2.25. The zero-order valence-corrected chi connectivity index (χ0v) is 10.7. The fourth-order valence-corrected chi connectivity index (χ4v) is 1.49. The van der Waals surface area contributed by atoms with E-state index in [0.29, 0.717) is 12.3 Å². The Morgan fingerprint density at radius 1 is 1.69 bits per heavy atom. The highest BCUT2D eigenvalue weighted by Gasteiger charge is 2.13. The van der Waals surface area contributed by atoms with Gasteiger partial charge in [0.25, 0.3) is 5.91 Å². The molecule has 0 heterocycles. The molecule has 0 radical (unpaired) electrons. The SMILES string of the molecule is C=CCNC(=O)C(C)Oc1cccc(Br)c1. The highest BCUT2D eigenvalue weighted by Crippen LogP contribution is 2.18. The third-order valence-corrected chi connectivity index (χ3v) is 2.39. The Morgan fingerprint density at radius 3 is 3.06 bits per heavy atom. The van der Waals surface area contributed by atoms with E-state index in [4.69, 9.17) is 4.74 Å². The minimum Gasteiger partial charge on any atom is -0.481 e. The van der Waals surface area contributed by atoms with Crippen molar-refractivity contribution in [2.75, 3.05) is 6.54 Å². The smallest absolute Gasteiger partial charge is 0.261 e. The van der Waals surface area contributed by atoms with Gasteiger partial charge in [-0.1, -0.05) is 28.1 Å². The number of ether oxygens (including phenoxy) is 1. The van der Waals surface area contributed by atoms with E-state index < -0.39 is 6.10 Å². The molecule has 1 atom stereocenters. The van der Waals surface area contributed by atoms with Crippen LogP contribution in [0.3, 0.4) is 0 Å². The Labute approximate surface area is 104 Å². The Kier molecular flexibility index (Phi) is 5.05. The van der Waals surface area contributed by atoms with Crippen molar-refractivity contribution in [2.45, 2.75) is 13.0 Å². The summed E-state index contributed by atoms with van der Waals surface area (Å²) in [7, 11) is 0. The highest BCUT2D eigenvalue weighted by atomic mass is 79.9. The number of carbonyl (C=O) groups is 1. The van der Waals surface area contributed by atoms with Crippen LogP contribution >= 0.6 is 15.9 Å². The lowest BCUT2D eigenvalue weighted by Crippen LogP contribution is -2.36. The molecule has 0 aliphatic heterocycles. The number of rotatable bonds is 5. The van der Waals surface area contributed by atoms with Gasteiger partial charge in [0.2, 0.25) is 0 Å². The average molecular weight is 284 g/mol. The summed E-state index contributed by atoms with van der Waals surface area (Å²) >= 11 is 3.34. The second-order valence-electron chi connectivity index (χ2n) is 3.25. The van der Waals surface area contributed by atoms with Crippen molar-refractivity contribution in [3.05, 3.63) is 41.4 Å². The van der Waals surface area contributed by atoms with E-state index in [1.165, 1.54) is 0 Å². The molecule has 1 aromatic rings. The van der Waals surface area contributed by atoms with Gasteiger partial charge in [-0.05, 0) is 25.1 Å². The van der Waals surface area contributed by atoms with Gasteiger partial charge in [-0.15, -0.1) is 6.58 Å². The molecule has 1 amide bonds. The largest absolute Gasteiger partial charge is 0.481 e. The number of nitrogens with one attached hydrogen (secondary N) is 1. The molecule has 0 fully saturated rings. The first kappa shape index (κ1) is 12.8. The van der Waals surface area contributed by atoms with Gasteiger partial charge in [0, 0.05) is 11.0 Å². The molecule has 3 nitrogen and oxygen atoms in total. The van der Waals surface area contributed by atoms with Crippen molar-refractivity contribution in [1.82, 2.24) is 5.32 Å². The molecule has 1 unspecified atom stereocenters. The van der Waals surface area contributed by atoms with Crippen molar-refractivity contribution >= 4 is 21.8 Å². The first-order valence-electron chi connectivity index (χ1n) is 4.94. The highest BCUT2D eigenvalue weighted by molar-refractivity contribution is 9.10. The van der Waals surface area contributed by atoms with Crippen molar-refractivity contribution in [3.8, 4) is 5.75 Å². The van der Waals surface area contributed by atoms with Crippen LogP contribution in [-0.2, 0) is 4.79 Å². The van der Waals surface area contributed by atoms with Crippen LogP contribution in [0.15, 0.2) is 41.4 Å². The zero-order chi connectivity index (χ0) is 12.0. The molecule has 0 aliphatic carbocycles. The molecular weight excluding hydrogens is 270 g/mol. The quantitative estimate of drug-likeness (QED) is 0.844. The predicted molar refractivity (Wildman–Crippen MR) is 67.4 cm³/mol. The zero-order valence-electron chi connectivity index (χ0n) is 9.07. The molecule has 16 heavy (non-hydrogen) atoms. The lowest BCUT2D eigenvalue weighted by Gasteiger charge is -2.14. The van der Waals surface area contributed by atoms with E-state index in [0.717, 1.165) is 4.47 Å². The van der Waals surface area contributed by atoms with Gasteiger partial charge in [0.05, 0.1) is 0 Å². The number of carbonyl (C=O) groups excluding carboxylic acids is 1. The molecule has 0 saturated carbocycles. The molecule has 1 aromatic carbocycles. The molecule has 0 spiro atoms. The summed E-state index contributed by atoms with van der Waals surface area (Å²) in [5.74, 6) is 0.510.